The van der Waals surface area contributed by atoms with Gasteiger partial charge in [-0.2, -0.15) is 0 Å². The molecule has 1 N–H and O–H groups in total. The van der Waals surface area contributed by atoms with Crippen molar-refractivity contribution in [2.75, 3.05) is 7.11 Å². The van der Waals surface area contributed by atoms with E-state index in [4.69, 9.17) is 0 Å². The van der Waals surface area contributed by atoms with E-state index in [0.717, 1.165) is 5.56 Å². The number of hydrogen-bond donors (Lipinski definition) is 1. The van der Waals surface area contributed by atoms with Crippen molar-refractivity contribution >= 4 is 11.9 Å². The molecule has 1 atom stereocenters. The zero-order chi connectivity index (χ0) is 13.5. The van der Waals surface area contributed by atoms with E-state index in [1.54, 1.807) is 6.92 Å². The molecule has 0 unspecified atom stereocenters. The third kappa shape index (κ3) is 4.57. The van der Waals surface area contributed by atoms with Crippen molar-refractivity contribution in [3.8, 4) is 0 Å². The van der Waals surface area contributed by atoms with Gasteiger partial charge in [-0.1, -0.05) is 29.8 Å². The lowest BCUT2D eigenvalue weighted by Crippen LogP contribution is -2.39. The lowest BCUT2D eigenvalue weighted by atomic mass is 10.1. The zero-order valence-electron chi connectivity index (χ0n) is 11.0. The van der Waals surface area contributed by atoms with Gasteiger partial charge in [0.25, 0.3) is 0 Å². The van der Waals surface area contributed by atoms with Gasteiger partial charge in [0.05, 0.1) is 7.11 Å². The normalized spacial score (nSPS) is 11.7. The van der Waals surface area contributed by atoms with E-state index < -0.39 is 12.0 Å². The summed E-state index contributed by atoms with van der Waals surface area (Å²) in [7, 11) is 1.30. The molecule has 1 rings (SSSR count). The van der Waals surface area contributed by atoms with Crippen molar-refractivity contribution in [1.82, 2.24) is 5.32 Å². The van der Waals surface area contributed by atoms with Gasteiger partial charge >= 0.3 is 5.97 Å². The van der Waals surface area contributed by atoms with Gasteiger partial charge in [-0.15, -0.1) is 0 Å². The molecule has 98 valence electrons. The molecule has 4 heteroatoms. The summed E-state index contributed by atoms with van der Waals surface area (Å²) in [5, 5.41) is 2.60. The SMILES string of the molecule is COC(=O)[C@@H](C)NC(=O)CCc1cccc(C)c1. The number of hydrogen-bond acceptors (Lipinski definition) is 3. The van der Waals surface area contributed by atoms with E-state index in [-0.39, 0.29) is 5.91 Å². The third-order valence-corrected chi connectivity index (χ3v) is 2.66. The van der Waals surface area contributed by atoms with Crippen LogP contribution in [0.4, 0.5) is 0 Å². The van der Waals surface area contributed by atoms with Gasteiger partial charge in [-0.3, -0.25) is 4.79 Å². The molecule has 0 fully saturated rings. The molecule has 0 spiro atoms. The standard InChI is InChI=1S/C14H19NO3/c1-10-5-4-6-12(9-10)7-8-13(16)15-11(2)14(17)18-3/h4-6,9,11H,7-8H2,1-3H3,(H,15,16)/t11-/m1/s1. The summed E-state index contributed by atoms with van der Waals surface area (Å²) >= 11 is 0. The quantitative estimate of drug-likeness (QED) is 0.806. The fourth-order valence-corrected chi connectivity index (χ4v) is 1.67. The fourth-order valence-electron chi connectivity index (χ4n) is 1.67. The first-order valence-corrected chi connectivity index (χ1v) is 5.95. The van der Waals surface area contributed by atoms with Crippen LogP contribution in [0.1, 0.15) is 24.5 Å². The molecule has 18 heavy (non-hydrogen) atoms. The van der Waals surface area contributed by atoms with Gasteiger partial charge in [-0.25, -0.2) is 4.79 Å². The first-order chi connectivity index (χ1) is 8.52. The van der Waals surface area contributed by atoms with Crippen LogP contribution in [0.3, 0.4) is 0 Å². The summed E-state index contributed by atoms with van der Waals surface area (Å²) in [5.74, 6) is -0.576. The molecule has 0 aliphatic carbocycles. The number of benzene rings is 1. The van der Waals surface area contributed by atoms with E-state index in [2.05, 4.69) is 16.1 Å². The molecular weight excluding hydrogens is 230 g/mol. The molecule has 0 heterocycles. The smallest absolute Gasteiger partial charge is 0.328 e. The topological polar surface area (TPSA) is 55.4 Å². The van der Waals surface area contributed by atoms with Crippen molar-refractivity contribution in [2.45, 2.75) is 32.7 Å². The van der Waals surface area contributed by atoms with Crippen LogP contribution in [0, 0.1) is 6.92 Å². The van der Waals surface area contributed by atoms with Crippen LogP contribution < -0.4 is 5.32 Å². The van der Waals surface area contributed by atoms with Crippen molar-refractivity contribution in [3.63, 3.8) is 0 Å². The Labute approximate surface area is 107 Å². The summed E-state index contributed by atoms with van der Waals surface area (Å²) in [6.07, 6.45) is 1.03. The van der Waals surface area contributed by atoms with Gasteiger partial charge in [0, 0.05) is 6.42 Å². The van der Waals surface area contributed by atoms with Crippen LogP contribution in [-0.2, 0) is 20.7 Å². The molecule has 0 aliphatic heterocycles. The lowest BCUT2D eigenvalue weighted by molar-refractivity contribution is -0.144. The number of amides is 1. The van der Waals surface area contributed by atoms with E-state index in [0.29, 0.717) is 12.8 Å². The largest absolute Gasteiger partial charge is 0.467 e. The number of rotatable bonds is 5. The molecule has 0 aliphatic rings. The highest BCUT2D eigenvalue weighted by atomic mass is 16.5. The number of methoxy groups -OCH3 is 1. The summed E-state index contributed by atoms with van der Waals surface area (Å²) in [4.78, 5) is 22.7. The van der Waals surface area contributed by atoms with Crippen LogP contribution in [0.25, 0.3) is 0 Å². The van der Waals surface area contributed by atoms with E-state index in [1.165, 1.54) is 12.7 Å². The summed E-state index contributed by atoms with van der Waals surface area (Å²) in [5.41, 5.74) is 2.30. The maximum atomic E-state index is 11.6. The molecule has 0 saturated carbocycles. The van der Waals surface area contributed by atoms with E-state index in [1.807, 2.05) is 25.1 Å². The highest BCUT2D eigenvalue weighted by Gasteiger charge is 2.15. The maximum Gasteiger partial charge on any atom is 0.328 e. The van der Waals surface area contributed by atoms with Crippen LogP contribution in [-0.4, -0.2) is 25.0 Å². The minimum Gasteiger partial charge on any atom is -0.467 e. The molecule has 1 amide bonds. The Morgan fingerprint density at radius 1 is 1.39 bits per heavy atom. The molecular formula is C14H19NO3. The van der Waals surface area contributed by atoms with Gasteiger partial charge < -0.3 is 10.1 Å². The minimum atomic E-state index is -0.597. The molecule has 0 radical (unpaired) electrons. The second-order valence-corrected chi connectivity index (χ2v) is 4.30. The first kappa shape index (κ1) is 14.2. The number of esters is 1. The number of carbonyl (C=O) groups is 2. The molecule has 4 nitrogen and oxygen atoms in total. The predicted octanol–water partition coefficient (Wildman–Crippen LogP) is 1.61. The average molecular weight is 249 g/mol. The predicted molar refractivity (Wildman–Crippen MR) is 69.1 cm³/mol. The van der Waals surface area contributed by atoms with Crippen molar-refractivity contribution in [1.29, 1.82) is 0 Å². The third-order valence-electron chi connectivity index (χ3n) is 2.66. The lowest BCUT2D eigenvalue weighted by Gasteiger charge is -2.11. The Bertz CT molecular complexity index is 429. The van der Waals surface area contributed by atoms with E-state index >= 15 is 0 Å². The van der Waals surface area contributed by atoms with E-state index in [9.17, 15) is 9.59 Å². The summed E-state index contributed by atoms with van der Waals surface area (Å²) in [6.45, 7) is 3.62. The molecule has 0 aromatic heterocycles. The number of aryl methyl sites for hydroxylation is 2. The van der Waals surface area contributed by atoms with Crippen LogP contribution in [0.5, 0.6) is 0 Å². The van der Waals surface area contributed by atoms with Crippen molar-refractivity contribution < 1.29 is 14.3 Å². The van der Waals surface area contributed by atoms with Crippen LogP contribution >= 0.6 is 0 Å². The molecule has 1 aromatic carbocycles. The minimum absolute atomic E-state index is 0.144. The Balaban J connectivity index is 2.40. The van der Waals surface area contributed by atoms with Crippen LogP contribution in [0.15, 0.2) is 24.3 Å². The number of nitrogens with one attached hydrogen (secondary N) is 1. The second kappa shape index (κ2) is 6.79. The van der Waals surface area contributed by atoms with Crippen molar-refractivity contribution in [3.05, 3.63) is 35.4 Å². The first-order valence-electron chi connectivity index (χ1n) is 5.95. The fraction of sp³-hybridized carbons (Fsp3) is 0.429. The van der Waals surface area contributed by atoms with Gasteiger partial charge in [0.2, 0.25) is 5.91 Å². The van der Waals surface area contributed by atoms with Gasteiger partial charge in [0.15, 0.2) is 0 Å². The Morgan fingerprint density at radius 2 is 2.11 bits per heavy atom. The zero-order valence-corrected chi connectivity index (χ0v) is 11.0. The summed E-state index contributed by atoms with van der Waals surface area (Å²) < 4.78 is 4.54. The highest BCUT2D eigenvalue weighted by molar-refractivity contribution is 5.84. The second-order valence-electron chi connectivity index (χ2n) is 4.30. The van der Waals surface area contributed by atoms with Gasteiger partial charge in [-0.05, 0) is 25.8 Å². The number of ether oxygens (including phenoxy) is 1. The average Bonchev–Trinajstić information content (AvgIpc) is 2.35. The Kier molecular flexibility index (Phi) is 5.36. The maximum absolute atomic E-state index is 11.6. The molecule has 1 aromatic rings. The Hall–Kier alpha value is -1.84. The Morgan fingerprint density at radius 3 is 2.72 bits per heavy atom. The van der Waals surface area contributed by atoms with Crippen molar-refractivity contribution in [2.24, 2.45) is 0 Å². The monoisotopic (exact) mass is 249 g/mol. The van der Waals surface area contributed by atoms with Gasteiger partial charge in [0.1, 0.15) is 6.04 Å². The number of carbonyl (C=O) groups excluding carboxylic acids is 2. The van der Waals surface area contributed by atoms with Crippen LogP contribution in [0.2, 0.25) is 0 Å². The molecule has 0 saturated heterocycles. The highest BCUT2D eigenvalue weighted by Crippen LogP contribution is 2.06. The summed E-state index contributed by atoms with van der Waals surface area (Å²) in [6, 6.07) is 7.43. The molecule has 0 bridgehead atoms.